The highest BCUT2D eigenvalue weighted by Crippen LogP contribution is 2.31. The molecule has 0 aliphatic rings. The molecule has 16 heavy (non-hydrogen) atoms. The minimum atomic E-state index is -1.29. The first-order valence-electron chi connectivity index (χ1n) is 4.15. The summed E-state index contributed by atoms with van der Waals surface area (Å²) < 4.78 is 17.7. The fourth-order valence-corrected chi connectivity index (χ4v) is 2.65. The lowest BCUT2D eigenvalue weighted by atomic mass is 10.2. The average Bonchev–Trinajstić information content (AvgIpc) is 2.70. The first kappa shape index (κ1) is 11.0. The molecule has 0 aliphatic heterocycles. The molecule has 7 heteroatoms. The van der Waals surface area contributed by atoms with Crippen LogP contribution >= 0.6 is 23.3 Å². The molecule has 4 nitrogen and oxygen atoms in total. The van der Waals surface area contributed by atoms with Gasteiger partial charge in [0.1, 0.15) is 17.7 Å². The zero-order valence-electron chi connectivity index (χ0n) is 7.75. The van der Waals surface area contributed by atoms with E-state index < -0.39 is 11.8 Å². The topological polar surface area (TPSA) is 63.1 Å². The average molecular weight is 256 g/mol. The molecule has 0 saturated heterocycles. The van der Waals surface area contributed by atoms with E-state index >= 15 is 0 Å². The molecule has 0 saturated carbocycles. The molecule has 0 aliphatic carbocycles. The van der Waals surface area contributed by atoms with Crippen molar-refractivity contribution in [2.45, 2.75) is 9.24 Å². The summed E-state index contributed by atoms with van der Waals surface area (Å²) in [6.07, 6.45) is 1.37. The summed E-state index contributed by atoms with van der Waals surface area (Å²) in [5.41, 5.74) is -0.331. The maximum absolute atomic E-state index is 13.3. The second-order valence-electron chi connectivity index (χ2n) is 2.73. The van der Waals surface area contributed by atoms with Crippen molar-refractivity contribution in [3.05, 3.63) is 35.9 Å². The van der Waals surface area contributed by atoms with Gasteiger partial charge in [-0.1, -0.05) is 17.8 Å². The SMILES string of the molecule is O=C(O)c1c(F)cccc1Sc1ncns1. The molecule has 2 aromatic rings. The molecule has 82 valence electrons. The smallest absolute Gasteiger partial charge is 0.339 e. The van der Waals surface area contributed by atoms with Crippen molar-refractivity contribution in [1.29, 1.82) is 0 Å². The molecule has 0 amide bonds. The van der Waals surface area contributed by atoms with Crippen LogP contribution in [-0.2, 0) is 0 Å². The van der Waals surface area contributed by atoms with Crippen molar-refractivity contribution >= 4 is 29.3 Å². The van der Waals surface area contributed by atoms with E-state index in [2.05, 4.69) is 9.36 Å². The van der Waals surface area contributed by atoms with Gasteiger partial charge in [-0.05, 0) is 23.7 Å². The molecule has 0 fully saturated rings. The highest BCUT2D eigenvalue weighted by atomic mass is 32.2. The third kappa shape index (κ3) is 2.20. The number of carboxylic acid groups (broad SMARTS) is 1. The van der Waals surface area contributed by atoms with Gasteiger partial charge in [0.05, 0.1) is 0 Å². The first-order chi connectivity index (χ1) is 7.68. The molecule has 0 bridgehead atoms. The Labute approximate surface area is 98.3 Å². The molecule has 0 radical (unpaired) electrons. The number of carbonyl (C=O) groups is 1. The number of benzene rings is 1. The summed E-state index contributed by atoms with van der Waals surface area (Å²) in [7, 11) is 0. The zero-order chi connectivity index (χ0) is 11.5. The van der Waals surface area contributed by atoms with E-state index in [0.717, 1.165) is 29.4 Å². The molecule has 1 aromatic heterocycles. The maximum Gasteiger partial charge on any atom is 0.339 e. The Balaban J connectivity index is 2.40. The Hall–Kier alpha value is -1.47. The van der Waals surface area contributed by atoms with Gasteiger partial charge in [-0.25, -0.2) is 14.2 Å². The van der Waals surface area contributed by atoms with Crippen LogP contribution in [0.25, 0.3) is 0 Å². The van der Waals surface area contributed by atoms with E-state index in [1.807, 2.05) is 0 Å². The van der Waals surface area contributed by atoms with Crippen LogP contribution in [0.15, 0.2) is 33.8 Å². The van der Waals surface area contributed by atoms with Crippen LogP contribution in [0.2, 0.25) is 0 Å². The van der Waals surface area contributed by atoms with E-state index in [9.17, 15) is 9.18 Å². The third-order valence-electron chi connectivity index (χ3n) is 1.73. The van der Waals surface area contributed by atoms with Gasteiger partial charge >= 0.3 is 5.97 Å². The Bertz CT molecular complexity index is 516. The predicted octanol–water partition coefficient (Wildman–Crippen LogP) is 2.53. The lowest BCUT2D eigenvalue weighted by Crippen LogP contribution is -2.02. The van der Waals surface area contributed by atoms with Crippen molar-refractivity contribution in [1.82, 2.24) is 9.36 Å². The van der Waals surface area contributed by atoms with E-state index in [1.54, 1.807) is 6.07 Å². The second kappa shape index (κ2) is 4.58. The molecule has 1 aromatic carbocycles. The Morgan fingerprint density at radius 1 is 1.50 bits per heavy atom. The summed E-state index contributed by atoms with van der Waals surface area (Å²) in [6, 6.07) is 4.12. The highest BCUT2D eigenvalue weighted by Gasteiger charge is 2.17. The third-order valence-corrected chi connectivity index (χ3v) is 3.50. The largest absolute Gasteiger partial charge is 0.478 e. The standard InChI is InChI=1S/C9H5FN2O2S2/c10-5-2-1-3-6(7(5)8(13)14)15-9-11-4-12-16-9/h1-4H,(H,13,14). The molecular weight excluding hydrogens is 251 g/mol. The van der Waals surface area contributed by atoms with Crippen molar-refractivity contribution < 1.29 is 14.3 Å². The van der Waals surface area contributed by atoms with Crippen molar-refractivity contribution in [2.75, 3.05) is 0 Å². The summed E-state index contributed by atoms with van der Waals surface area (Å²) in [6.45, 7) is 0. The molecule has 1 N–H and O–H groups in total. The van der Waals surface area contributed by atoms with Gasteiger partial charge in [-0.15, -0.1) is 0 Å². The monoisotopic (exact) mass is 256 g/mol. The van der Waals surface area contributed by atoms with Gasteiger partial charge in [-0.3, -0.25) is 0 Å². The number of hydrogen-bond acceptors (Lipinski definition) is 5. The Kier molecular flexibility index (Phi) is 3.16. The predicted molar refractivity (Wildman–Crippen MR) is 57.4 cm³/mol. The highest BCUT2D eigenvalue weighted by molar-refractivity contribution is 8.01. The number of nitrogens with zero attached hydrogens (tertiary/aromatic N) is 2. The van der Waals surface area contributed by atoms with Crippen LogP contribution < -0.4 is 0 Å². The normalized spacial score (nSPS) is 10.3. The maximum atomic E-state index is 13.3. The summed E-state index contributed by atoms with van der Waals surface area (Å²) >= 11 is 2.22. The number of halogens is 1. The van der Waals surface area contributed by atoms with E-state index in [4.69, 9.17) is 5.11 Å². The molecule has 0 unspecified atom stereocenters. The van der Waals surface area contributed by atoms with Crippen LogP contribution in [0.1, 0.15) is 10.4 Å². The van der Waals surface area contributed by atoms with Gasteiger partial charge in [0.25, 0.3) is 0 Å². The minimum Gasteiger partial charge on any atom is -0.478 e. The molecule has 0 spiro atoms. The van der Waals surface area contributed by atoms with Crippen LogP contribution in [0.4, 0.5) is 4.39 Å². The Morgan fingerprint density at radius 2 is 2.31 bits per heavy atom. The van der Waals surface area contributed by atoms with Crippen molar-refractivity contribution in [2.24, 2.45) is 0 Å². The van der Waals surface area contributed by atoms with Crippen LogP contribution in [-0.4, -0.2) is 20.4 Å². The summed E-state index contributed by atoms with van der Waals surface area (Å²) in [5.74, 6) is -2.04. The molecular formula is C9H5FN2O2S2. The van der Waals surface area contributed by atoms with Crippen molar-refractivity contribution in [3.8, 4) is 0 Å². The second-order valence-corrected chi connectivity index (χ2v) is 4.80. The minimum absolute atomic E-state index is 0.323. The quantitative estimate of drug-likeness (QED) is 0.914. The number of hydrogen-bond donors (Lipinski definition) is 1. The van der Waals surface area contributed by atoms with Gasteiger partial charge in [0.15, 0.2) is 4.34 Å². The number of rotatable bonds is 3. The number of carboxylic acids is 1. The number of aromatic nitrogens is 2. The first-order valence-corrected chi connectivity index (χ1v) is 5.74. The lowest BCUT2D eigenvalue weighted by molar-refractivity contribution is 0.0688. The Morgan fingerprint density at radius 3 is 2.94 bits per heavy atom. The fourth-order valence-electron chi connectivity index (χ4n) is 1.10. The van der Waals surface area contributed by atoms with Crippen LogP contribution in [0.3, 0.4) is 0 Å². The molecule has 1 heterocycles. The van der Waals surface area contributed by atoms with Gasteiger partial charge in [-0.2, -0.15) is 4.37 Å². The number of aromatic carboxylic acids is 1. The lowest BCUT2D eigenvalue weighted by Gasteiger charge is -2.03. The fraction of sp³-hybridized carbons (Fsp3) is 0. The van der Waals surface area contributed by atoms with E-state index in [-0.39, 0.29) is 5.56 Å². The van der Waals surface area contributed by atoms with E-state index in [1.165, 1.54) is 12.4 Å². The molecule has 2 rings (SSSR count). The molecule has 0 atom stereocenters. The van der Waals surface area contributed by atoms with Crippen molar-refractivity contribution in [3.63, 3.8) is 0 Å². The van der Waals surface area contributed by atoms with Gasteiger partial charge in [0.2, 0.25) is 0 Å². The van der Waals surface area contributed by atoms with E-state index in [0.29, 0.717) is 9.24 Å². The van der Waals surface area contributed by atoms with Gasteiger partial charge < -0.3 is 5.11 Å². The van der Waals surface area contributed by atoms with Gasteiger partial charge in [0, 0.05) is 4.90 Å². The summed E-state index contributed by atoms with van der Waals surface area (Å²) in [4.78, 5) is 15.1. The van der Waals surface area contributed by atoms with Crippen LogP contribution in [0.5, 0.6) is 0 Å². The summed E-state index contributed by atoms with van der Waals surface area (Å²) in [5, 5.41) is 8.89. The zero-order valence-corrected chi connectivity index (χ0v) is 9.39. The van der Waals surface area contributed by atoms with Crippen LogP contribution in [0, 0.1) is 5.82 Å².